The van der Waals surface area contributed by atoms with Gasteiger partial charge in [0.15, 0.2) is 0 Å². The van der Waals surface area contributed by atoms with Crippen molar-refractivity contribution in [2.24, 2.45) is 5.41 Å². The zero-order chi connectivity index (χ0) is 53.2. The van der Waals surface area contributed by atoms with E-state index in [-0.39, 0.29) is 23.1 Å². The highest BCUT2D eigenvalue weighted by Crippen LogP contribution is 2.37. The van der Waals surface area contributed by atoms with Gasteiger partial charge in [-0.2, -0.15) is 5.26 Å². The monoisotopic (exact) mass is 818 g/mol. The quantitative estimate of drug-likeness (QED) is 0.116. The van der Waals surface area contributed by atoms with Crippen LogP contribution in [0.3, 0.4) is 0 Å². The molecule has 0 aliphatic heterocycles. The van der Waals surface area contributed by atoms with Gasteiger partial charge in [0.1, 0.15) is 11.2 Å². The van der Waals surface area contributed by atoms with Gasteiger partial charge in [0, 0.05) is 62.5 Å². The fourth-order valence-electron chi connectivity index (χ4n) is 7.31. The molecule has 0 amide bonds. The molecule has 0 unspecified atom stereocenters. The number of rotatable bonds is 13. The van der Waals surface area contributed by atoms with Gasteiger partial charge >= 0.3 is 0 Å². The molecule has 0 aliphatic rings. The molecule has 0 atom stereocenters. The zero-order valence-electron chi connectivity index (χ0n) is 46.5. The van der Waals surface area contributed by atoms with Gasteiger partial charge in [0.25, 0.3) is 0 Å². The van der Waals surface area contributed by atoms with Gasteiger partial charge in [0.05, 0.1) is 28.7 Å². The van der Waals surface area contributed by atoms with Crippen LogP contribution < -0.4 is 0 Å². The summed E-state index contributed by atoms with van der Waals surface area (Å²) in [5.74, 6) is 0. The number of nitrogens with zero attached hydrogens (tertiary/aromatic N) is 4. The molecule has 0 saturated heterocycles. The summed E-state index contributed by atoms with van der Waals surface area (Å²) in [4.78, 5) is 13.6. The molecule has 0 radical (unpaired) electrons. The molecule has 0 N–H and O–H groups in total. The molecule has 4 aromatic heterocycles. The Morgan fingerprint density at radius 3 is 1.63 bits per heavy atom. The molecular formula is C57H50N4O. The predicted molar refractivity (Wildman–Crippen MR) is 253 cm³/mol. The first kappa shape index (κ1) is 28.4. The normalized spacial score (nSPS) is 15.8. The summed E-state index contributed by atoms with van der Waals surface area (Å²) in [6, 6.07) is 41.6. The molecule has 0 bridgehead atoms. The number of benzene rings is 5. The lowest BCUT2D eigenvalue weighted by Crippen LogP contribution is -2.12. The van der Waals surface area contributed by atoms with Crippen molar-refractivity contribution in [1.29, 1.82) is 5.26 Å². The minimum Gasteiger partial charge on any atom is -0.455 e. The Balaban J connectivity index is 1.18. The van der Waals surface area contributed by atoms with Gasteiger partial charge in [0.2, 0.25) is 0 Å². The average molecular weight is 819 g/mol. The van der Waals surface area contributed by atoms with Crippen LogP contribution in [0.1, 0.15) is 81.7 Å². The predicted octanol–water partition coefficient (Wildman–Crippen LogP) is 13.6. The van der Waals surface area contributed by atoms with Crippen molar-refractivity contribution in [1.82, 2.24) is 15.0 Å². The van der Waals surface area contributed by atoms with Gasteiger partial charge in [-0.3, -0.25) is 15.0 Å². The molecule has 9 rings (SSSR count). The Morgan fingerprint density at radius 1 is 0.516 bits per heavy atom. The first-order valence-electron chi connectivity index (χ1n) is 26.3. The largest absolute Gasteiger partial charge is 0.455 e. The summed E-state index contributed by atoms with van der Waals surface area (Å²) in [6.45, 7) is 5.85. The van der Waals surface area contributed by atoms with E-state index < -0.39 is 60.3 Å². The van der Waals surface area contributed by atoms with Crippen LogP contribution in [0.2, 0.25) is 0 Å². The Morgan fingerprint density at radius 2 is 1.08 bits per heavy atom. The van der Waals surface area contributed by atoms with Gasteiger partial charge in [-0.15, -0.1) is 0 Å². The van der Waals surface area contributed by atoms with Crippen LogP contribution in [-0.2, 0) is 44.7 Å². The van der Waals surface area contributed by atoms with Crippen LogP contribution in [-0.4, -0.2) is 15.0 Å². The molecule has 0 spiro atoms. The molecule has 0 fully saturated rings. The smallest absolute Gasteiger partial charge is 0.144 e. The topological polar surface area (TPSA) is 75.6 Å². The SMILES string of the molecule is [2H]C([2H])(c1ccc(-c2ccccc2)nc1)C([2H])([2H])c1cc(C([2H])([2H])C([2H])([2H])c2ccc(-c3ccccc3)nc2)cc(C([2H])([2H])C([2H])([2H])c2cnc(-c3cccc4c3oc3cc(C#N)ccc34)cc2CC(C)(C)C)c1. The van der Waals surface area contributed by atoms with E-state index in [1.807, 2.05) is 99.6 Å². The molecule has 5 nitrogen and oxygen atoms in total. The van der Waals surface area contributed by atoms with Gasteiger partial charge < -0.3 is 4.42 Å². The number of hydrogen-bond acceptors (Lipinski definition) is 5. The fourth-order valence-corrected chi connectivity index (χ4v) is 7.31. The number of aromatic nitrogens is 3. The molecule has 9 aromatic rings. The number of pyridine rings is 3. The van der Waals surface area contributed by atoms with E-state index in [1.165, 1.54) is 30.7 Å². The highest BCUT2D eigenvalue weighted by atomic mass is 16.3. The second kappa shape index (κ2) is 17.8. The lowest BCUT2D eigenvalue weighted by atomic mass is 9.85. The maximum atomic E-state index is 9.78. The lowest BCUT2D eigenvalue weighted by molar-refractivity contribution is 0.409. The van der Waals surface area contributed by atoms with E-state index in [9.17, 15) is 21.7 Å². The van der Waals surface area contributed by atoms with Crippen LogP contribution >= 0.6 is 0 Å². The van der Waals surface area contributed by atoms with E-state index in [4.69, 9.17) is 9.40 Å². The van der Waals surface area contributed by atoms with Crippen molar-refractivity contribution in [2.75, 3.05) is 0 Å². The first-order valence-corrected chi connectivity index (χ1v) is 20.3. The van der Waals surface area contributed by atoms with E-state index in [2.05, 4.69) is 16.0 Å². The minimum absolute atomic E-state index is 0.144. The Hall–Kier alpha value is -7.16. The second-order valence-electron chi connectivity index (χ2n) is 16.2. The van der Waals surface area contributed by atoms with E-state index in [0.29, 0.717) is 44.9 Å². The van der Waals surface area contributed by atoms with Crippen LogP contribution in [0.25, 0.3) is 55.7 Å². The summed E-state index contributed by atoms with van der Waals surface area (Å²) in [6.07, 6.45) is -14.2. The molecular weight excluding hydrogens is 757 g/mol. The number of hydrogen-bond donors (Lipinski definition) is 0. The van der Waals surface area contributed by atoms with Gasteiger partial charge in [-0.05, 0) is 131 Å². The number of nitriles is 1. The Kier molecular flexibility index (Phi) is 8.16. The number of fused-ring (bicyclic) bond motifs is 3. The fraction of sp³-hybridized carbons (Fsp3) is 0.193. The third-order valence-corrected chi connectivity index (χ3v) is 10.3. The summed E-state index contributed by atoms with van der Waals surface area (Å²) >= 11 is 0. The lowest BCUT2D eigenvalue weighted by Gasteiger charge is -2.21. The maximum absolute atomic E-state index is 9.78. The Bertz CT molecular complexity index is 3460. The van der Waals surface area contributed by atoms with Crippen molar-refractivity contribution >= 4 is 21.9 Å². The molecule has 62 heavy (non-hydrogen) atoms. The number of aryl methyl sites for hydroxylation is 6. The standard InChI is InChI=1S/C57H50N4O/c1-57(2,3)34-48-33-54(51-16-10-15-50-49-26-22-44(35-58)32-55(49)62-56(50)51)61-38-47(48)25-21-43-30-41(19-17-39-23-27-52(59-36-39)45-11-6-4-7-12-45)29-42(31-43)20-18-40-24-28-53(60-37-40)46-13-8-5-9-14-46/h4-16,22-24,26-33,36-38H,17-21,25,34H2,1-3H3/i17D2,18D2,19D2,20D2,21D2,25D2. The van der Waals surface area contributed by atoms with E-state index in [1.54, 1.807) is 36.4 Å². The van der Waals surface area contributed by atoms with Crippen molar-refractivity contribution < 1.29 is 20.9 Å². The second-order valence-corrected chi connectivity index (χ2v) is 16.2. The van der Waals surface area contributed by atoms with Crippen LogP contribution in [0, 0.1) is 16.7 Å². The summed E-state index contributed by atoms with van der Waals surface area (Å²) in [7, 11) is 0. The molecule has 4 heterocycles. The Labute approximate surface area is 381 Å². The maximum Gasteiger partial charge on any atom is 0.144 e. The van der Waals surface area contributed by atoms with E-state index in [0.717, 1.165) is 40.1 Å². The summed E-state index contributed by atoms with van der Waals surface area (Å²) in [5.41, 5.74) is 2.57. The average Bonchev–Trinajstić information content (AvgIpc) is 3.76. The van der Waals surface area contributed by atoms with Crippen LogP contribution in [0.15, 0.2) is 169 Å². The zero-order valence-corrected chi connectivity index (χ0v) is 34.5. The van der Waals surface area contributed by atoms with Gasteiger partial charge in [-0.1, -0.05) is 124 Å². The molecule has 5 heteroatoms. The summed E-state index contributed by atoms with van der Waals surface area (Å²) in [5, 5.41) is 11.1. The van der Waals surface area contributed by atoms with E-state index >= 15 is 0 Å². The number of para-hydroxylation sites is 1. The third kappa shape index (κ3) is 9.41. The van der Waals surface area contributed by atoms with Crippen molar-refractivity contribution in [3.63, 3.8) is 0 Å². The first-order chi connectivity index (χ1) is 34.8. The molecule has 304 valence electrons. The van der Waals surface area contributed by atoms with Crippen molar-refractivity contribution in [3.8, 4) is 39.8 Å². The highest BCUT2D eigenvalue weighted by molar-refractivity contribution is 6.09. The minimum atomic E-state index is -3.14. The third-order valence-electron chi connectivity index (χ3n) is 10.3. The number of furan rings is 1. The molecule has 0 aliphatic carbocycles. The van der Waals surface area contributed by atoms with Crippen LogP contribution in [0.5, 0.6) is 0 Å². The molecule has 5 aromatic carbocycles. The summed E-state index contributed by atoms with van der Waals surface area (Å²) < 4.78 is 121. The van der Waals surface area contributed by atoms with Crippen LogP contribution in [0.4, 0.5) is 0 Å². The molecule has 0 saturated carbocycles. The highest BCUT2D eigenvalue weighted by Gasteiger charge is 2.19. The van der Waals surface area contributed by atoms with Gasteiger partial charge in [-0.25, -0.2) is 0 Å². The van der Waals surface area contributed by atoms with Crippen molar-refractivity contribution in [2.45, 2.75) is 65.4 Å². The van der Waals surface area contributed by atoms with Crippen molar-refractivity contribution in [3.05, 3.63) is 209 Å².